The van der Waals surface area contributed by atoms with Crippen LogP contribution in [-0.2, 0) is 0 Å². The van der Waals surface area contributed by atoms with Gasteiger partial charge in [0.25, 0.3) is 0 Å². The van der Waals surface area contributed by atoms with Gasteiger partial charge >= 0.3 is 0 Å². The molecule has 3 heterocycles. The van der Waals surface area contributed by atoms with E-state index in [-0.39, 0.29) is 5.92 Å². The van der Waals surface area contributed by atoms with Gasteiger partial charge in [0.2, 0.25) is 0 Å². The molecule has 0 saturated heterocycles. The molecule has 3 heteroatoms. The molecule has 0 aliphatic heterocycles. The zero-order chi connectivity index (χ0) is 28.8. The van der Waals surface area contributed by atoms with Crippen LogP contribution in [0.15, 0.2) is 140 Å². The predicted octanol–water partition coefficient (Wildman–Crippen LogP) is 12.4. The van der Waals surface area contributed by atoms with Crippen molar-refractivity contribution in [3.05, 3.63) is 156 Å². The highest BCUT2D eigenvalue weighted by Gasteiger charge is 2.23. The molecular weight excluding hydrogens is 571 g/mol. The van der Waals surface area contributed by atoms with E-state index >= 15 is 0 Å². The van der Waals surface area contributed by atoms with Crippen molar-refractivity contribution in [1.29, 1.82) is 0 Å². The van der Waals surface area contributed by atoms with Gasteiger partial charge < -0.3 is 4.98 Å². The molecule has 44 heavy (non-hydrogen) atoms. The second-order valence-electron chi connectivity index (χ2n) is 11.7. The molecule has 0 unspecified atom stereocenters. The van der Waals surface area contributed by atoms with Crippen LogP contribution >= 0.6 is 22.7 Å². The molecule has 1 N–H and O–H groups in total. The number of benzene rings is 7. The van der Waals surface area contributed by atoms with E-state index in [1.54, 1.807) is 0 Å². The van der Waals surface area contributed by atoms with Gasteiger partial charge in [-0.05, 0) is 47.0 Å². The van der Waals surface area contributed by atoms with Gasteiger partial charge in [0.15, 0.2) is 0 Å². The molecular formula is C41H25NS2. The summed E-state index contributed by atoms with van der Waals surface area (Å²) in [5.41, 5.74) is 6.35. The Morgan fingerprint density at radius 3 is 1.77 bits per heavy atom. The molecule has 0 radical (unpaired) electrons. The Labute approximate surface area is 261 Å². The largest absolute Gasteiger partial charge is 0.354 e. The SMILES string of the molecule is c1ccc(C(c2ccccc2)c2ccc3[nH]c4c5ccc6sc7ccccc7c6c5c5c6ccccc6sc5c4c3c2)cc1. The fraction of sp³-hybridized carbons (Fsp3) is 0.0244. The van der Waals surface area contributed by atoms with E-state index in [0.29, 0.717) is 0 Å². The lowest BCUT2D eigenvalue weighted by molar-refractivity contribution is 0.980. The number of fused-ring (bicyclic) bond motifs is 14. The Hall–Kier alpha value is -4.96. The molecule has 0 saturated carbocycles. The number of nitrogens with one attached hydrogen (secondary N) is 1. The van der Waals surface area contributed by atoms with Crippen LogP contribution in [0.3, 0.4) is 0 Å². The number of aromatic nitrogens is 1. The Morgan fingerprint density at radius 2 is 1.05 bits per heavy atom. The average Bonchev–Trinajstić information content (AvgIpc) is 3.77. The van der Waals surface area contributed by atoms with Crippen molar-refractivity contribution in [2.24, 2.45) is 0 Å². The second-order valence-corrected chi connectivity index (χ2v) is 13.8. The molecule has 0 aliphatic carbocycles. The molecule has 206 valence electrons. The minimum Gasteiger partial charge on any atom is -0.354 e. The maximum atomic E-state index is 3.92. The molecule has 0 atom stereocenters. The van der Waals surface area contributed by atoms with Crippen LogP contribution in [0.5, 0.6) is 0 Å². The number of hydrogen-bond acceptors (Lipinski definition) is 2. The number of H-pyrrole nitrogens is 1. The van der Waals surface area contributed by atoms with Gasteiger partial charge in [-0.1, -0.05) is 109 Å². The third-order valence-electron chi connectivity index (χ3n) is 9.31. The average molecular weight is 596 g/mol. The Bertz CT molecular complexity index is 2670. The van der Waals surface area contributed by atoms with Crippen molar-refractivity contribution < 1.29 is 0 Å². The highest BCUT2D eigenvalue weighted by Crippen LogP contribution is 2.50. The molecule has 0 aliphatic rings. The molecule has 1 nitrogen and oxygen atoms in total. The lowest BCUT2D eigenvalue weighted by Crippen LogP contribution is -2.03. The predicted molar refractivity (Wildman–Crippen MR) is 193 cm³/mol. The second kappa shape index (κ2) is 9.27. The summed E-state index contributed by atoms with van der Waals surface area (Å²) >= 11 is 3.83. The minimum atomic E-state index is 0.155. The van der Waals surface area contributed by atoms with Gasteiger partial charge in [-0.2, -0.15) is 0 Å². The van der Waals surface area contributed by atoms with E-state index < -0.39 is 0 Å². The first kappa shape index (κ1) is 24.5. The van der Waals surface area contributed by atoms with Crippen LogP contribution in [0.1, 0.15) is 22.6 Å². The third-order valence-corrected chi connectivity index (χ3v) is 11.6. The van der Waals surface area contributed by atoms with Crippen molar-refractivity contribution >= 4 is 95.6 Å². The molecule has 0 spiro atoms. The maximum Gasteiger partial charge on any atom is 0.0559 e. The summed E-state index contributed by atoms with van der Waals surface area (Å²) in [5, 5.41) is 10.8. The quantitative estimate of drug-likeness (QED) is 0.196. The molecule has 7 aromatic carbocycles. The van der Waals surface area contributed by atoms with E-state index in [1.807, 2.05) is 22.7 Å². The fourth-order valence-electron chi connectivity index (χ4n) is 7.45. The molecule has 0 bridgehead atoms. The van der Waals surface area contributed by atoms with E-state index in [1.165, 1.54) is 89.6 Å². The van der Waals surface area contributed by atoms with Gasteiger partial charge in [-0.15, -0.1) is 22.7 Å². The molecule has 10 aromatic rings. The highest BCUT2D eigenvalue weighted by atomic mass is 32.1. The van der Waals surface area contributed by atoms with Crippen molar-refractivity contribution in [2.75, 3.05) is 0 Å². The summed E-state index contributed by atoms with van der Waals surface area (Å²) in [7, 11) is 0. The van der Waals surface area contributed by atoms with Crippen LogP contribution in [0.4, 0.5) is 0 Å². The van der Waals surface area contributed by atoms with E-state index in [2.05, 4.69) is 145 Å². The Balaban J connectivity index is 1.37. The molecule has 0 fully saturated rings. The van der Waals surface area contributed by atoms with Crippen molar-refractivity contribution in [3.8, 4) is 0 Å². The number of thiophene rings is 2. The summed E-state index contributed by atoms with van der Waals surface area (Å²) in [6.07, 6.45) is 0. The maximum absolute atomic E-state index is 3.92. The fourth-order valence-corrected chi connectivity index (χ4v) is 9.84. The summed E-state index contributed by atoms with van der Waals surface area (Å²) in [5.74, 6) is 0.155. The van der Waals surface area contributed by atoms with E-state index in [0.717, 1.165) is 0 Å². The van der Waals surface area contributed by atoms with Crippen molar-refractivity contribution in [3.63, 3.8) is 0 Å². The number of aromatic amines is 1. The standard InChI is InChI=1S/C41H25NS2/c1-3-11-24(12-4-1)35(25-13-5-2-6-14-25)26-19-21-31-30(23-26)39-40(42-31)29-20-22-34-36(27-15-7-9-17-32(27)43-34)37(29)38-28-16-8-10-18-33(28)44-41(38)39/h1-23,35,42H. The van der Waals surface area contributed by atoms with Gasteiger partial charge in [-0.25, -0.2) is 0 Å². The summed E-state index contributed by atoms with van der Waals surface area (Å²) in [6.45, 7) is 0. The first-order chi connectivity index (χ1) is 21.8. The van der Waals surface area contributed by atoms with Crippen LogP contribution in [0, 0.1) is 0 Å². The normalized spacial score (nSPS) is 12.3. The topological polar surface area (TPSA) is 15.8 Å². The molecule has 3 aromatic heterocycles. The van der Waals surface area contributed by atoms with Gasteiger partial charge in [0, 0.05) is 73.3 Å². The third kappa shape index (κ3) is 3.40. The van der Waals surface area contributed by atoms with Gasteiger partial charge in [0.1, 0.15) is 0 Å². The van der Waals surface area contributed by atoms with Crippen molar-refractivity contribution in [2.45, 2.75) is 5.92 Å². The number of hydrogen-bond donors (Lipinski definition) is 1. The number of rotatable bonds is 3. The van der Waals surface area contributed by atoms with Gasteiger partial charge in [-0.3, -0.25) is 0 Å². The molecule has 10 rings (SSSR count). The van der Waals surface area contributed by atoms with Crippen molar-refractivity contribution in [1.82, 2.24) is 4.98 Å². The zero-order valence-corrected chi connectivity index (χ0v) is 25.3. The first-order valence-corrected chi connectivity index (χ1v) is 16.7. The van der Waals surface area contributed by atoms with E-state index in [4.69, 9.17) is 0 Å². The summed E-state index contributed by atoms with van der Waals surface area (Å²) < 4.78 is 5.40. The highest BCUT2D eigenvalue weighted by molar-refractivity contribution is 7.27. The zero-order valence-electron chi connectivity index (χ0n) is 23.7. The lowest BCUT2D eigenvalue weighted by Gasteiger charge is -2.19. The summed E-state index contributed by atoms with van der Waals surface area (Å²) in [4.78, 5) is 3.92. The van der Waals surface area contributed by atoms with Crippen LogP contribution < -0.4 is 0 Å². The minimum absolute atomic E-state index is 0.155. The Kier molecular flexibility index (Phi) is 5.16. The van der Waals surface area contributed by atoms with Crippen LogP contribution in [-0.4, -0.2) is 4.98 Å². The lowest BCUT2D eigenvalue weighted by atomic mass is 9.84. The first-order valence-electron chi connectivity index (χ1n) is 15.1. The van der Waals surface area contributed by atoms with Crippen LogP contribution in [0.2, 0.25) is 0 Å². The van der Waals surface area contributed by atoms with Gasteiger partial charge in [0.05, 0.1) is 5.52 Å². The smallest absolute Gasteiger partial charge is 0.0559 e. The summed E-state index contributed by atoms with van der Waals surface area (Å²) in [6, 6.07) is 51.4. The monoisotopic (exact) mass is 595 g/mol. The molecule has 0 amide bonds. The van der Waals surface area contributed by atoms with E-state index in [9.17, 15) is 0 Å². The van der Waals surface area contributed by atoms with Crippen LogP contribution in [0.25, 0.3) is 72.9 Å². The Morgan fingerprint density at radius 1 is 0.409 bits per heavy atom.